The van der Waals surface area contributed by atoms with Gasteiger partial charge in [-0.2, -0.15) is 0 Å². The molecule has 1 saturated heterocycles. The van der Waals surface area contributed by atoms with Crippen LogP contribution in [0, 0.1) is 5.92 Å². The highest BCUT2D eigenvalue weighted by molar-refractivity contribution is 5.46. The van der Waals surface area contributed by atoms with E-state index in [0.29, 0.717) is 11.2 Å². The van der Waals surface area contributed by atoms with Crippen molar-refractivity contribution in [2.75, 3.05) is 20.1 Å². The average molecular weight is 245 g/mol. The Morgan fingerprint density at radius 3 is 2.72 bits per heavy atom. The maximum atomic E-state index is 10.1. The lowest BCUT2D eigenvalue weighted by atomic mass is 9.59. The molecule has 1 atom stereocenters. The number of benzene rings is 1. The molecule has 0 amide bonds. The monoisotopic (exact) mass is 245 g/mol. The van der Waals surface area contributed by atoms with Gasteiger partial charge >= 0.3 is 0 Å². The standard InChI is InChI=1S/C16H23NO/c1-12-6-7-13-14(4-3-5-15(13)18)16(12)8-10-17(2)11-9-16/h3-5,12,18H,6-11H2,1-2H3/t12-/m0/s1. The van der Waals surface area contributed by atoms with Crippen LogP contribution in [0.15, 0.2) is 18.2 Å². The average Bonchev–Trinajstić information content (AvgIpc) is 2.37. The van der Waals surface area contributed by atoms with Crippen LogP contribution in [0.3, 0.4) is 0 Å². The van der Waals surface area contributed by atoms with Crippen LogP contribution >= 0.6 is 0 Å². The van der Waals surface area contributed by atoms with Crippen molar-refractivity contribution in [2.24, 2.45) is 5.92 Å². The summed E-state index contributed by atoms with van der Waals surface area (Å²) >= 11 is 0. The number of likely N-dealkylation sites (tertiary alicyclic amines) is 1. The van der Waals surface area contributed by atoms with E-state index in [1.807, 2.05) is 12.1 Å². The molecule has 98 valence electrons. The van der Waals surface area contributed by atoms with Crippen molar-refractivity contribution in [2.45, 2.75) is 38.0 Å². The first-order valence-corrected chi connectivity index (χ1v) is 7.13. The normalized spacial score (nSPS) is 27.1. The Morgan fingerprint density at radius 1 is 1.28 bits per heavy atom. The van der Waals surface area contributed by atoms with Gasteiger partial charge in [0.2, 0.25) is 0 Å². The Balaban J connectivity index is 2.07. The fourth-order valence-corrected chi connectivity index (χ4v) is 3.99. The third kappa shape index (κ3) is 1.66. The van der Waals surface area contributed by atoms with Crippen LogP contribution in [0.2, 0.25) is 0 Å². The molecule has 3 rings (SSSR count). The van der Waals surface area contributed by atoms with Crippen molar-refractivity contribution in [3.05, 3.63) is 29.3 Å². The number of aromatic hydroxyl groups is 1. The lowest BCUT2D eigenvalue weighted by molar-refractivity contribution is 0.124. The van der Waals surface area contributed by atoms with Crippen molar-refractivity contribution in [3.63, 3.8) is 0 Å². The van der Waals surface area contributed by atoms with E-state index in [1.54, 1.807) is 0 Å². The first kappa shape index (κ1) is 12.0. The maximum absolute atomic E-state index is 10.1. The van der Waals surface area contributed by atoms with Crippen LogP contribution in [0.5, 0.6) is 5.75 Å². The molecule has 1 N–H and O–H groups in total. The number of phenols is 1. The summed E-state index contributed by atoms with van der Waals surface area (Å²) in [6.07, 6.45) is 4.73. The SMILES string of the molecule is C[C@H]1CCc2c(O)cccc2C12CCN(C)CC2. The predicted octanol–water partition coefficient (Wildman–Crippen LogP) is 2.94. The van der Waals surface area contributed by atoms with E-state index in [9.17, 15) is 5.11 Å². The topological polar surface area (TPSA) is 23.5 Å². The lowest BCUT2D eigenvalue weighted by Gasteiger charge is -2.49. The van der Waals surface area contributed by atoms with Gasteiger partial charge in [-0.3, -0.25) is 0 Å². The number of hydrogen-bond donors (Lipinski definition) is 1. The molecule has 1 aromatic carbocycles. The minimum absolute atomic E-state index is 0.318. The second-order valence-corrected chi connectivity index (χ2v) is 6.20. The van der Waals surface area contributed by atoms with Crippen LogP contribution in [0.25, 0.3) is 0 Å². The molecule has 1 fully saturated rings. The summed E-state index contributed by atoms with van der Waals surface area (Å²) in [7, 11) is 2.21. The molecule has 1 heterocycles. The number of nitrogens with zero attached hydrogens (tertiary/aromatic N) is 1. The molecule has 1 aliphatic heterocycles. The van der Waals surface area contributed by atoms with Crippen LogP contribution in [0.1, 0.15) is 37.3 Å². The van der Waals surface area contributed by atoms with Gasteiger partial charge in [-0.05, 0) is 68.9 Å². The number of rotatable bonds is 0. The Morgan fingerprint density at radius 2 is 2.00 bits per heavy atom. The Hall–Kier alpha value is -1.02. The highest BCUT2D eigenvalue weighted by Gasteiger charge is 2.43. The Labute approximate surface area is 110 Å². The number of piperidine rings is 1. The minimum atomic E-state index is 0.318. The van der Waals surface area contributed by atoms with Gasteiger partial charge < -0.3 is 10.0 Å². The molecule has 1 spiro atoms. The minimum Gasteiger partial charge on any atom is -0.508 e. The Kier molecular flexibility index (Phi) is 2.86. The molecular formula is C16H23NO. The first-order chi connectivity index (χ1) is 8.63. The van der Waals surface area contributed by atoms with Crippen LogP contribution in [-0.4, -0.2) is 30.1 Å². The van der Waals surface area contributed by atoms with E-state index < -0.39 is 0 Å². The van der Waals surface area contributed by atoms with Gasteiger partial charge in [0.25, 0.3) is 0 Å². The molecular weight excluding hydrogens is 222 g/mol. The molecule has 0 aromatic heterocycles. The molecule has 2 nitrogen and oxygen atoms in total. The van der Waals surface area contributed by atoms with Crippen molar-refractivity contribution in [1.29, 1.82) is 0 Å². The smallest absolute Gasteiger partial charge is 0.119 e. The summed E-state index contributed by atoms with van der Waals surface area (Å²) < 4.78 is 0. The number of hydrogen-bond acceptors (Lipinski definition) is 2. The molecule has 0 bridgehead atoms. The molecule has 0 unspecified atom stereocenters. The zero-order chi connectivity index (χ0) is 12.8. The van der Waals surface area contributed by atoms with E-state index in [2.05, 4.69) is 24.9 Å². The van der Waals surface area contributed by atoms with Crippen LogP contribution in [-0.2, 0) is 11.8 Å². The first-order valence-electron chi connectivity index (χ1n) is 7.13. The van der Waals surface area contributed by atoms with Gasteiger partial charge in [0.1, 0.15) is 5.75 Å². The summed E-state index contributed by atoms with van der Waals surface area (Å²) in [6, 6.07) is 6.12. The summed E-state index contributed by atoms with van der Waals surface area (Å²) in [6.45, 7) is 4.76. The van der Waals surface area contributed by atoms with Gasteiger partial charge in [0.15, 0.2) is 0 Å². The van der Waals surface area contributed by atoms with Gasteiger partial charge in [-0.25, -0.2) is 0 Å². The van der Waals surface area contributed by atoms with Crippen molar-refractivity contribution in [1.82, 2.24) is 4.90 Å². The van der Waals surface area contributed by atoms with E-state index in [4.69, 9.17) is 0 Å². The maximum Gasteiger partial charge on any atom is 0.119 e. The van der Waals surface area contributed by atoms with E-state index in [0.717, 1.165) is 12.3 Å². The third-order valence-corrected chi connectivity index (χ3v) is 5.34. The van der Waals surface area contributed by atoms with E-state index in [-0.39, 0.29) is 0 Å². The quantitative estimate of drug-likeness (QED) is 0.759. The second kappa shape index (κ2) is 4.27. The van der Waals surface area contributed by atoms with Crippen LogP contribution in [0.4, 0.5) is 0 Å². The zero-order valence-electron chi connectivity index (χ0n) is 11.4. The Bertz CT molecular complexity index is 446. The van der Waals surface area contributed by atoms with E-state index >= 15 is 0 Å². The second-order valence-electron chi connectivity index (χ2n) is 6.20. The fraction of sp³-hybridized carbons (Fsp3) is 0.625. The molecule has 1 aromatic rings. The lowest BCUT2D eigenvalue weighted by Crippen LogP contribution is -2.47. The highest BCUT2D eigenvalue weighted by atomic mass is 16.3. The van der Waals surface area contributed by atoms with Crippen molar-refractivity contribution < 1.29 is 5.11 Å². The van der Waals surface area contributed by atoms with Gasteiger partial charge in [-0.1, -0.05) is 19.1 Å². The number of fused-ring (bicyclic) bond motifs is 2. The fourth-order valence-electron chi connectivity index (χ4n) is 3.99. The summed E-state index contributed by atoms with van der Waals surface area (Å²) in [5.41, 5.74) is 2.98. The van der Waals surface area contributed by atoms with Gasteiger partial charge in [-0.15, -0.1) is 0 Å². The third-order valence-electron chi connectivity index (χ3n) is 5.34. The summed E-state index contributed by atoms with van der Waals surface area (Å²) in [4.78, 5) is 2.43. The molecule has 0 radical (unpaired) electrons. The van der Waals surface area contributed by atoms with Crippen molar-refractivity contribution in [3.8, 4) is 5.75 Å². The van der Waals surface area contributed by atoms with Gasteiger partial charge in [0, 0.05) is 5.41 Å². The highest BCUT2D eigenvalue weighted by Crippen LogP contribution is 2.49. The van der Waals surface area contributed by atoms with Gasteiger partial charge in [0.05, 0.1) is 0 Å². The molecule has 1 aliphatic carbocycles. The zero-order valence-corrected chi connectivity index (χ0v) is 11.4. The molecule has 0 saturated carbocycles. The largest absolute Gasteiger partial charge is 0.508 e. The van der Waals surface area contributed by atoms with Crippen LogP contribution < -0.4 is 0 Å². The predicted molar refractivity (Wildman–Crippen MR) is 74.0 cm³/mol. The number of phenolic OH excluding ortho intramolecular Hbond substituents is 1. The van der Waals surface area contributed by atoms with E-state index in [1.165, 1.54) is 43.5 Å². The molecule has 2 heteroatoms. The van der Waals surface area contributed by atoms with Crippen molar-refractivity contribution >= 4 is 0 Å². The summed E-state index contributed by atoms with van der Waals surface area (Å²) in [5.74, 6) is 1.25. The molecule has 2 aliphatic rings. The summed E-state index contributed by atoms with van der Waals surface area (Å²) in [5, 5.41) is 10.1. The molecule has 18 heavy (non-hydrogen) atoms.